The maximum atomic E-state index is 3.73. The molecular weight excluding hydrogens is 220 g/mol. The molecule has 0 aromatic heterocycles. The van der Waals surface area contributed by atoms with E-state index in [-0.39, 0.29) is 0 Å². The van der Waals surface area contributed by atoms with Gasteiger partial charge in [0.05, 0.1) is 0 Å². The predicted molar refractivity (Wildman–Crippen MR) is 79.3 cm³/mol. The van der Waals surface area contributed by atoms with E-state index in [2.05, 4.69) is 49.7 Å². The van der Waals surface area contributed by atoms with Gasteiger partial charge in [-0.05, 0) is 43.9 Å². The minimum Gasteiger partial charge on any atom is -0.384 e. The van der Waals surface area contributed by atoms with Crippen molar-refractivity contribution in [1.82, 2.24) is 5.32 Å². The van der Waals surface area contributed by atoms with Gasteiger partial charge in [0.1, 0.15) is 0 Å². The lowest BCUT2D eigenvalue weighted by Crippen LogP contribution is -2.27. The molecule has 0 amide bonds. The van der Waals surface area contributed by atoms with Gasteiger partial charge in [0.15, 0.2) is 0 Å². The number of aryl methyl sites for hydroxylation is 2. The fraction of sp³-hybridized carbons (Fsp3) is 0.625. The average molecular weight is 246 g/mol. The van der Waals surface area contributed by atoms with Crippen LogP contribution in [0.3, 0.4) is 0 Å². The highest BCUT2D eigenvalue weighted by Gasteiger charge is 2.41. The number of anilines is 1. The van der Waals surface area contributed by atoms with E-state index in [0.717, 1.165) is 25.9 Å². The Balaban J connectivity index is 2.08. The molecule has 18 heavy (non-hydrogen) atoms. The maximum Gasteiger partial charge on any atom is 0.0405 e. The van der Waals surface area contributed by atoms with Crippen molar-refractivity contribution >= 4 is 5.69 Å². The van der Waals surface area contributed by atoms with Crippen LogP contribution >= 0.6 is 0 Å². The molecule has 0 atom stereocenters. The van der Waals surface area contributed by atoms with Gasteiger partial charge >= 0.3 is 0 Å². The smallest absolute Gasteiger partial charge is 0.0405 e. The summed E-state index contributed by atoms with van der Waals surface area (Å²) >= 11 is 0. The van der Waals surface area contributed by atoms with Crippen molar-refractivity contribution in [2.75, 3.05) is 25.5 Å². The third kappa shape index (κ3) is 2.86. The van der Waals surface area contributed by atoms with Crippen LogP contribution in [-0.2, 0) is 12.8 Å². The SMILES string of the molecule is CCc1cccc(CC)c1NCC1(CNC)CC1. The second-order valence-corrected chi connectivity index (χ2v) is 5.54. The first-order valence-electron chi connectivity index (χ1n) is 7.24. The molecule has 0 unspecified atom stereocenters. The third-order valence-electron chi connectivity index (χ3n) is 4.15. The lowest BCUT2D eigenvalue weighted by atomic mass is 10.0. The second-order valence-electron chi connectivity index (χ2n) is 5.54. The van der Waals surface area contributed by atoms with Gasteiger partial charge in [0.2, 0.25) is 0 Å². The molecule has 0 aliphatic heterocycles. The van der Waals surface area contributed by atoms with E-state index < -0.39 is 0 Å². The highest BCUT2D eigenvalue weighted by Crippen LogP contribution is 2.45. The molecule has 100 valence electrons. The lowest BCUT2D eigenvalue weighted by Gasteiger charge is -2.20. The van der Waals surface area contributed by atoms with Crippen molar-refractivity contribution < 1.29 is 0 Å². The van der Waals surface area contributed by atoms with E-state index >= 15 is 0 Å². The van der Waals surface area contributed by atoms with Crippen LogP contribution in [0.1, 0.15) is 37.8 Å². The van der Waals surface area contributed by atoms with Gasteiger partial charge in [-0.3, -0.25) is 0 Å². The Bertz CT molecular complexity index is 372. The van der Waals surface area contributed by atoms with E-state index in [1.165, 1.54) is 29.7 Å². The first-order chi connectivity index (χ1) is 8.74. The Hall–Kier alpha value is -1.02. The van der Waals surface area contributed by atoms with Gasteiger partial charge in [-0.1, -0.05) is 32.0 Å². The van der Waals surface area contributed by atoms with Gasteiger partial charge in [-0.15, -0.1) is 0 Å². The molecule has 2 N–H and O–H groups in total. The summed E-state index contributed by atoms with van der Waals surface area (Å²) in [6.07, 6.45) is 4.93. The summed E-state index contributed by atoms with van der Waals surface area (Å²) in [4.78, 5) is 0. The summed E-state index contributed by atoms with van der Waals surface area (Å²) in [5.74, 6) is 0. The van der Waals surface area contributed by atoms with Crippen LogP contribution in [0.2, 0.25) is 0 Å². The normalized spacial score (nSPS) is 16.6. The zero-order valence-electron chi connectivity index (χ0n) is 12.0. The van der Waals surface area contributed by atoms with Crippen LogP contribution in [-0.4, -0.2) is 20.1 Å². The lowest BCUT2D eigenvalue weighted by molar-refractivity contribution is 0.507. The summed E-state index contributed by atoms with van der Waals surface area (Å²) in [5, 5.41) is 7.06. The predicted octanol–water partition coefficient (Wildman–Crippen LogP) is 3.22. The van der Waals surface area contributed by atoms with Crippen molar-refractivity contribution in [2.45, 2.75) is 39.5 Å². The topological polar surface area (TPSA) is 24.1 Å². The highest BCUT2D eigenvalue weighted by molar-refractivity contribution is 5.58. The summed E-state index contributed by atoms with van der Waals surface area (Å²) in [7, 11) is 2.05. The number of benzene rings is 1. The Morgan fingerprint density at radius 3 is 2.11 bits per heavy atom. The molecule has 1 aliphatic rings. The summed E-state index contributed by atoms with van der Waals surface area (Å²) < 4.78 is 0. The molecule has 0 spiro atoms. The molecule has 1 aliphatic carbocycles. The second kappa shape index (κ2) is 5.75. The molecule has 2 heteroatoms. The van der Waals surface area contributed by atoms with Crippen LogP contribution in [0.5, 0.6) is 0 Å². The Kier molecular flexibility index (Phi) is 4.28. The van der Waals surface area contributed by atoms with Crippen molar-refractivity contribution in [3.63, 3.8) is 0 Å². The minimum atomic E-state index is 0.514. The molecule has 1 aromatic carbocycles. The van der Waals surface area contributed by atoms with Gasteiger partial charge in [-0.2, -0.15) is 0 Å². The fourth-order valence-corrected chi connectivity index (χ4v) is 2.71. The standard InChI is InChI=1S/C16H26N2/c1-4-13-7-6-8-14(5-2)15(13)18-12-16(9-10-16)11-17-3/h6-8,17-18H,4-5,9-12H2,1-3H3. The number of hydrogen-bond acceptors (Lipinski definition) is 2. The maximum absolute atomic E-state index is 3.73. The zero-order valence-corrected chi connectivity index (χ0v) is 12.0. The Morgan fingerprint density at radius 1 is 1.06 bits per heavy atom. The van der Waals surface area contributed by atoms with E-state index in [1.807, 2.05) is 0 Å². The molecule has 0 bridgehead atoms. The third-order valence-corrected chi connectivity index (χ3v) is 4.15. The van der Waals surface area contributed by atoms with E-state index in [9.17, 15) is 0 Å². The van der Waals surface area contributed by atoms with Crippen molar-refractivity contribution in [2.24, 2.45) is 5.41 Å². The Morgan fingerprint density at radius 2 is 1.67 bits per heavy atom. The minimum absolute atomic E-state index is 0.514. The van der Waals surface area contributed by atoms with Crippen LogP contribution in [0, 0.1) is 5.41 Å². The zero-order chi connectivity index (χ0) is 13.0. The number of nitrogens with one attached hydrogen (secondary N) is 2. The molecule has 1 aromatic rings. The number of para-hydroxylation sites is 1. The van der Waals surface area contributed by atoms with Gasteiger partial charge in [0, 0.05) is 24.2 Å². The van der Waals surface area contributed by atoms with Crippen LogP contribution in [0.4, 0.5) is 5.69 Å². The van der Waals surface area contributed by atoms with Gasteiger partial charge < -0.3 is 10.6 Å². The van der Waals surface area contributed by atoms with E-state index in [1.54, 1.807) is 0 Å². The summed E-state index contributed by atoms with van der Waals surface area (Å²) in [5.41, 5.74) is 4.81. The van der Waals surface area contributed by atoms with Crippen LogP contribution < -0.4 is 10.6 Å². The molecule has 2 nitrogen and oxygen atoms in total. The monoisotopic (exact) mass is 246 g/mol. The van der Waals surface area contributed by atoms with Crippen molar-refractivity contribution in [3.8, 4) is 0 Å². The number of hydrogen-bond donors (Lipinski definition) is 2. The molecule has 0 radical (unpaired) electrons. The van der Waals surface area contributed by atoms with Gasteiger partial charge in [0.25, 0.3) is 0 Å². The Labute approximate surface area is 111 Å². The number of rotatable bonds is 7. The van der Waals surface area contributed by atoms with Crippen molar-refractivity contribution in [1.29, 1.82) is 0 Å². The van der Waals surface area contributed by atoms with E-state index in [4.69, 9.17) is 0 Å². The quantitative estimate of drug-likeness (QED) is 0.772. The fourth-order valence-electron chi connectivity index (χ4n) is 2.71. The van der Waals surface area contributed by atoms with Crippen LogP contribution in [0.25, 0.3) is 0 Å². The first kappa shape index (κ1) is 13.4. The highest BCUT2D eigenvalue weighted by atomic mass is 14.9. The molecule has 2 rings (SSSR count). The van der Waals surface area contributed by atoms with Crippen molar-refractivity contribution in [3.05, 3.63) is 29.3 Å². The largest absolute Gasteiger partial charge is 0.384 e. The molecule has 1 saturated carbocycles. The molecule has 0 heterocycles. The molecule has 1 fully saturated rings. The molecule has 0 saturated heterocycles. The van der Waals surface area contributed by atoms with Gasteiger partial charge in [-0.25, -0.2) is 0 Å². The van der Waals surface area contributed by atoms with Crippen LogP contribution in [0.15, 0.2) is 18.2 Å². The first-order valence-corrected chi connectivity index (χ1v) is 7.24. The summed E-state index contributed by atoms with van der Waals surface area (Å²) in [6.45, 7) is 6.72. The average Bonchev–Trinajstić information content (AvgIpc) is 3.16. The summed E-state index contributed by atoms with van der Waals surface area (Å²) in [6, 6.07) is 6.68. The molecular formula is C16H26N2. The van der Waals surface area contributed by atoms with E-state index in [0.29, 0.717) is 5.41 Å².